The quantitative estimate of drug-likeness (QED) is 0.688. The van der Waals surface area contributed by atoms with Crippen molar-refractivity contribution in [1.29, 1.82) is 0 Å². The first kappa shape index (κ1) is 19.9. The summed E-state index contributed by atoms with van der Waals surface area (Å²) in [6, 6.07) is 15.3. The first-order chi connectivity index (χ1) is 13.5. The molecule has 2 aromatic rings. The molecule has 1 atom stereocenters. The molecule has 3 rings (SSSR count). The minimum atomic E-state index is -1.03. The number of fused-ring (bicyclic) bond motifs is 3. The third-order valence-corrected chi connectivity index (χ3v) is 5.66. The molecule has 2 N–H and O–H groups in total. The molecule has 1 amide bonds. The lowest BCUT2D eigenvalue weighted by Crippen LogP contribution is -2.42. The predicted molar refractivity (Wildman–Crippen MR) is 108 cm³/mol. The Labute approximate surface area is 165 Å². The zero-order valence-electron chi connectivity index (χ0n) is 16.4. The molecule has 148 valence electrons. The number of carbonyl (C=O) groups is 2. The van der Waals surface area contributed by atoms with Gasteiger partial charge in [0.05, 0.1) is 0 Å². The van der Waals surface area contributed by atoms with E-state index in [1.54, 1.807) is 0 Å². The molecule has 0 radical (unpaired) electrons. The number of alkyl carbamates (subject to hydrolysis) is 1. The molecular formula is C23H27NO4. The largest absolute Gasteiger partial charge is 0.480 e. The van der Waals surface area contributed by atoms with Gasteiger partial charge < -0.3 is 15.2 Å². The summed E-state index contributed by atoms with van der Waals surface area (Å²) in [5, 5.41) is 12.0. The van der Waals surface area contributed by atoms with E-state index in [4.69, 9.17) is 4.74 Å². The Balaban J connectivity index is 1.67. The number of carboxylic acid groups (broad SMARTS) is 1. The van der Waals surface area contributed by atoms with Crippen LogP contribution in [0.25, 0.3) is 11.1 Å². The Hall–Kier alpha value is -2.82. The summed E-state index contributed by atoms with van der Waals surface area (Å²) in [5.41, 5.74) is 4.57. The number of rotatable bonds is 8. The Bertz CT molecular complexity index is 799. The van der Waals surface area contributed by atoms with Gasteiger partial charge in [-0.25, -0.2) is 9.59 Å². The van der Waals surface area contributed by atoms with Crippen LogP contribution in [0.4, 0.5) is 4.79 Å². The second-order valence-electron chi connectivity index (χ2n) is 7.28. The summed E-state index contributed by atoms with van der Waals surface area (Å²) in [6.45, 7) is 4.23. The molecule has 1 aliphatic rings. The van der Waals surface area contributed by atoms with Gasteiger partial charge in [-0.05, 0) is 34.6 Å². The summed E-state index contributed by atoms with van der Waals surface area (Å²) in [4.78, 5) is 23.8. The first-order valence-electron chi connectivity index (χ1n) is 9.89. The number of benzene rings is 2. The number of ether oxygens (including phenoxy) is 1. The van der Waals surface area contributed by atoms with Crippen LogP contribution in [0.1, 0.15) is 50.2 Å². The van der Waals surface area contributed by atoms with Crippen LogP contribution in [0.3, 0.4) is 0 Å². The van der Waals surface area contributed by atoms with Crippen molar-refractivity contribution in [2.24, 2.45) is 5.92 Å². The molecule has 1 aliphatic carbocycles. The maximum absolute atomic E-state index is 12.3. The van der Waals surface area contributed by atoms with E-state index in [2.05, 4.69) is 29.6 Å². The van der Waals surface area contributed by atoms with Crippen LogP contribution in [-0.2, 0) is 9.53 Å². The first-order valence-corrected chi connectivity index (χ1v) is 9.89. The van der Waals surface area contributed by atoms with Crippen molar-refractivity contribution in [1.82, 2.24) is 5.32 Å². The third kappa shape index (κ3) is 4.19. The van der Waals surface area contributed by atoms with Gasteiger partial charge in [0, 0.05) is 5.92 Å². The minimum Gasteiger partial charge on any atom is -0.480 e. The van der Waals surface area contributed by atoms with Gasteiger partial charge in [0.25, 0.3) is 0 Å². The lowest BCUT2D eigenvalue weighted by atomic mass is 9.95. The van der Waals surface area contributed by atoms with Crippen molar-refractivity contribution in [3.05, 3.63) is 59.7 Å². The monoisotopic (exact) mass is 381 g/mol. The van der Waals surface area contributed by atoms with Crippen LogP contribution in [0.2, 0.25) is 0 Å². The highest BCUT2D eigenvalue weighted by Gasteiger charge is 2.30. The van der Waals surface area contributed by atoms with Crippen LogP contribution in [0, 0.1) is 5.92 Å². The zero-order chi connectivity index (χ0) is 20.1. The number of hydrogen-bond donors (Lipinski definition) is 2. The second-order valence-corrected chi connectivity index (χ2v) is 7.28. The molecule has 0 spiro atoms. The average Bonchev–Trinajstić information content (AvgIpc) is 3.03. The highest BCUT2D eigenvalue weighted by Crippen LogP contribution is 2.44. The molecule has 5 nitrogen and oxygen atoms in total. The number of nitrogens with one attached hydrogen (secondary N) is 1. The molecule has 0 heterocycles. The smallest absolute Gasteiger partial charge is 0.407 e. The Morgan fingerprint density at radius 2 is 1.54 bits per heavy atom. The number of aliphatic carboxylic acids is 1. The van der Waals surface area contributed by atoms with Crippen molar-refractivity contribution in [2.75, 3.05) is 6.61 Å². The normalized spacial score (nSPS) is 13.7. The van der Waals surface area contributed by atoms with Crippen LogP contribution >= 0.6 is 0 Å². The van der Waals surface area contributed by atoms with Crippen LogP contribution in [0.5, 0.6) is 0 Å². The highest BCUT2D eigenvalue weighted by atomic mass is 16.5. The van der Waals surface area contributed by atoms with E-state index in [9.17, 15) is 14.7 Å². The van der Waals surface area contributed by atoms with E-state index >= 15 is 0 Å². The fourth-order valence-electron chi connectivity index (χ4n) is 3.96. The summed E-state index contributed by atoms with van der Waals surface area (Å²) >= 11 is 0. The van der Waals surface area contributed by atoms with Gasteiger partial charge >= 0.3 is 12.1 Å². The molecule has 0 saturated carbocycles. The van der Waals surface area contributed by atoms with Gasteiger partial charge in [-0.2, -0.15) is 0 Å². The van der Waals surface area contributed by atoms with Crippen LogP contribution in [0.15, 0.2) is 48.5 Å². The van der Waals surface area contributed by atoms with E-state index in [0.29, 0.717) is 6.42 Å². The summed E-state index contributed by atoms with van der Waals surface area (Å²) in [6.07, 6.45) is 1.49. The summed E-state index contributed by atoms with van der Waals surface area (Å²) in [5.74, 6) is -0.809. The highest BCUT2D eigenvalue weighted by molar-refractivity contribution is 5.81. The fourth-order valence-corrected chi connectivity index (χ4v) is 3.96. The van der Waals surface area contributed by atoms with Crippen molar-refractivity contribution in [3.8, 4) is 11.1 Å². The summed E-state index contributed by atoms with van der Waals surface area (Å²) in [7, 11) is 0. The molecule has 0 aliphatic heterocycles. The van der Waals surface area contributed by atoms with E-state index in [1.807, 2.05) is 38.1 Å². The van der Waals surface area contributed by atoms with Gasteiger partial charge in [0.2, 0.25) is 0 Å². The Morgan fingerprint density at radius 3 is 2.04 bits per heavy atom. The van der Waals surface area contributed by atoms with Gasteiger partial charge in [0.1, 0.15) is 12.6 Å². The van der Waals surface area contributed by atoms with E-state index in [1.165, 1.54) is 0 Å². The number of hydrogen-bond acceptors (Lipinski definition) is 3. The van der Waals surface area contributed by atoms with E-state index in [-0.39, 0.29) is 18.4 Å². The topological polar surface area (TPSA) is 75.6 Å². The number of carboxylic acids is 1. The third-order valence-electron chi connectivity index (χ3n) is 5.66. The second kappa shape index (κ2) is 8.91. The van der Waals surface area contributed by atoms with E-state index < -0.39 is 18.1 Å². The standard InChI is InChI=1S/C23H27NO4/c1-3-15(4-2)13-21(22(25)26)24-23(27)28-14-20-18-11-7-5-9-16(18)17-10-6-8-12-19(17)20/h5-12,15,20-21H,3-4,13-14H2,1-2H3,(H,24,27)(H,25,26)/t21-/m1/s1. The predicted octanol–water partition coefficient (Wildman–Crippen LogP) is 4.80. The lowest BCUT2D eigenvalue weighted by molar-refractivity contribution is -0.139. The van der Waals surface area contributed by atoms with Crippen molar-refractivity contribution in [3.63, 3.8) is 0 Å². The molecule has 0 aromatic heterocycles. The van der Waals surface area contributed by atoms with Gasteiger partial charge in [-0.15, -0.1) is 0 Å². The van der Waals surface area contributed by atoms with Crippen LogP contribution < -0.4 is 5.32 Å². The molecule has 2 aromatic carbocycles. The average molecular weight is 381 g/mol. The lowest BCUT2D eigenvalue weighted by Gasteiger charge is -2.20. The molecular weight excluding hydrogens is 354 g/mol. The van der Waals surface area contributed by atoms with Crippen molar-refractivity contribution >= 4 is 12.1 Å². The Morgan fingerprint density at radius 1 is 1.00 bits per heavy atom. The van der Waals surface area contributed by atoms with Gasteiger partial charge in [-0.1, -0.05) is 75.2 Å². The minimum absolute atomic E-state index is 0.0412. The number of carbonyl (C=O) groups excluding carboxylic acids is 1. The molecule has 0 fully saturated rings. The molecule has 0 bridgehead atoms. The maximum atomic E-state index is 12.3. The van der Waals surface area contributed by atoms with Crippen molar-refractivity contribution in [2.45, 2.75) is 45.1 Å². The Kier molecular flexibility index (Phi) is 6.34. The van der Waals surface area contributed by atoms with Crippen molar-refractivity contribution < 1.29 is 19.4 Å². The summed E-state index contributed by atoms with van der Waals surface area (Å²) < 4.78 is 5.46. The van der Waals surface area contributed by atoms with Gasteiger partial charge in [0.15, 0.2) is 0 Å². The van der Waals surface area contributed by atoms with Gasteiger partial charge in [-0.3, -0.25) is 0 Å². The SMILES string of the molecule is CCC(CC)C[C@@H](NC(=O)OCC1c2ccccc2-c2ccccc21)C(=O)O. The molecule has 28 heavy (non-hydrogen) atoms. The maximum Gasteiger partial charge on any atom is 0.407 e. The number of amides is 1. The molecule has 0 saturated heterocycles. The van der Waals surface area contributed by atoms with E-state index in [0.717, 1.165) is 35.1 Å². The zero-order valence-corrected chi connectivity index (χ0v) is 16.4. The molecule has 5 heteroatoms. The fraction of sp³-hybridized carbons (Fsp3) is 0.391. The molecule has 0 unspecified atom stereocenters. The van der Waals surface area contributed by atoms with Crippen LogP contribution in [-0.4, -0.2) is 29.8 Å².